The number of aryl methyl sites for hydroxylation is 1. The number of aromatic nitrogens is 2. The summed E-state index contributed by atoms with van der Waals surface area (Å²) in [7, 11) is 1.77. The molecule has 0 saturated carbocycles. The molecule has 2 aromatic rings. The van der Waals surface area contributed by atoms with Gasteiger partial charge in [0.1, 0.15) is 0 Å². The molecule has 0 atom stereocenters. The zero-order valence-corrected chi connectivity index (χ0v) is 10.7. The molecule has 0 spiro atoms. The second kappa shape index (κ2) is 4.90. The first-order valence-electron chi connectivity index (χ1n) is 5.02. The van der Waals surface area contributed by atoms with Crippen LogP contribution < -0.4 is 0 Å². The lowest BCUT2D eigenvalue weighted by atomic mass is 10.1. The van der Waals surface area contributed by atoms with Gasteiger partial charge in [-0.05, 0) is 17.7 Å². The van der Waals surface area contributed by atoms with E-state index in [0.29, 0.717) is 22.0 Å². The quantitative estimate of drug-likeness (QED) is 0.802. The lowest BCUT2D eigenvalue weighted by molar-refractivity contribution is 0.0993. The Morgan fingerprint density at radius 3 is 2.71 bits per heavy atom. The third kappa shape index (κ3) is 2.87. The fourth-order valence-electron chi connectivity index (χ4n) is 1.50. The minimum absolute atomic E-state index is 0.0106. The largest absolute Gasteiger partial charge is 0.294 e. The molecule has 1 heterocycles. The zero-order chi connectivity index (χ0) is 12.4. The molecular weight excluding hydrogens is 259 g/mol. The van der Waals surface area contributed by atoms with Crippen LogP contribution in [0, 0.1) is 0 Å². The summed E-state index contributed by atoms with van der Waals surface area (Å²) in [6.07, 6.45) is 3.54. The highest BCUT2D eigenvalue weighted by molar-refractivity contribution is 6.42. The van der Waals surface area contributed by atoms with E-state index in [-0.39, 0.29) is 5.78 Å². The summed E-state index contributed by atoms with van der Waals surface area (Å²) >= 11 is 11.7. The van der Waals surface area contributed by atoms with Gasteiger partial charge >= 0.3 is 0 Å². The molecule has 0 radical (unpaired) electrons. The maximum Gasteiger partial charge on any atom is 0.170 e. The van der Waals surface area contributed by atoms with Crippen molar-refractivity contribution in [2.45, 2.75) is 6.42 Å². The van der Waals surface area contributed by atoms with Gasteiger partial charge in [-0.25, -0.2) is 0 Å². The molecule has 2 rings (SSSR count). The van der Waals surface area contributed by atoms with Crippen molar-refractivity contribution in [3.63, 3.8) is 0 Å². The average molecular weight is 269 g/mol. The van der Waals surface area contributed by atoms with Gasteiger partial charge in [0.25, 0.3) is 0 Å². The average Bonchev–Trinajstić information content (AvgIpc) is 2.70. The number of Topliss-reactive ketones (excluding diaryl/α,β-unsaturated/α-hetero) is 1. The third-order valence-electron chi connectivity index (χ3n) is 2.38. The number of hydrogen-bond acceptors (Lipinski definition) is 2. The minimum atomic E-state index is 0.0106. The van der Waals surface area contributed by atoms with E-state index in [0.717, 1.165) is 5.56 Å². The van der Waals surface area contributed by atoms with Crippen LogP contribution in [0.5, 0.6) is 0 Å². The Bertz CT molecular complexity index is 563. The van der Waals surface area contributed by atoms with Crippen LogP contribution in [0.2, 0.25) is 10.0 Å². The number of rotatable bonds is 3. The fraction of sp³-hybridized carbons (Fsp3) is 0.167. The van der Waals surface area contributed by atoms with Gasteiger partial charge in [0.15, 0.2) is 5.78 Å². The summed E-state index contributed by atoms with van der Waals surface area (Å²) < 4.78 is 1.60. The van der Waals surface area contributed by atoms with Crippen LogP contribution in [0.1, 0.15) is 15.9 Å². The van der Waals surface area contributed by atoms with Crippen molar-refractivity contribution in [2.75, 3.05) is 0 Å². The Morgan fingerprint density at radius 2 is 2.12 bits per heavy atom. The van der Waals surface area contributed by atoms with Crippen LogP contribution in [0.4, 0.5) is 0 Å². The Morgan fingerprint density at radius 1 is 1.35 bits per heavy atom. The van der Waals surface area contributed by atoms with Crippen LogP contribution in [0.3, 0.4) is 0 Å². The molecule has 0 aliphatic rings. The second-order valence-corrected chi connectivity index (χ2v) is 4.57. The van der Waals surface area contributed by atoms with Crippen molar-refractivity contribution in [2.24, 2.45) is 7.05 Å². The van der Waals surface area contributed by atoms with E-state index < -0.39 is 0 Å². The topological polar surface area (TPSA) is 34.9 Å². The Balaban J connectivity index is 2.15. The molecule has 0 fully saturated rings. The molecule has 0 amide bonds. The predicted octanol–water partition coefficient (Wildman–Crippen LogP) is 3.15. The molecule has 0 bridgehead atoms. The van der Waals surface area contributed by atoms with E-state index in [1.54, 1.807) is 42.3 Å². The lowest BCUT2D eigenvalue weighted by Gasteiger charge is -2.01. The number of ketones is 1. The van der Waals surface area contributed by atoms with Crippen LogP contribution in [0.25, 0.3) is 0 Å². The summed E-state index contributed by atoms with van der Waals surface area (Å²) in [6.45, 7) is 0. The van der Waals surface area contributed by atoms with Gasteiger partial charge in [0.05, 0.1) is 21.8 Å². The smallest absolute Gasteiger partial charge is 0.170 e. The number of carbonyl (C=O) groups excluding carboxylic acids is 1. The fourth-order valence-corrected chi connectivity index (χ4v) is 1.82. The third-order valence-corrected chi connectivity index (χ3v) is 3.11. The molecule has 0 N–H and O–H groups in total. The van der Waals surface area contributed by atoms with Crippen molar-refractivity contribution in [1.29, 1.82) is 0 Å². The number of hydrogen-bond donors (Lipinski definition) is 0. The van der Waals surface area contributed by atoms with Gasteiger partial charge in [0, 0.05) is 19.7 Å². The molecule has 5 heteroatoms. The molecular formula is C12H10Cl2N2O. The minimum Gasteiger partial charge on any atom is -0.294 e. The zero-order valence-electron chi connectivity index (χ0n) is 9.15. The van der Waals surface area contributed by atoms with Gasteiger partial charge in [0.2, 0.25) is 0 Å². The molecule has 1 aromatic heterocycles. The van der Waals surface area contributed by atoms with Gasteiger partial charge in [-0.3, -0.25) is 9.48 Å². The van der Waals surface area contributed by atoms with E-state index in [1.807, 2.05) is 0 Å². The molecule has 0 saturated heterocycles. The number of halogens is 2. The number of benzene rings is 1. The molecule has 0 aliphatic carbocycles. The van der Waals surface area contributed by atoms with Crippen molar-refractivity contribution in [3.8, 4) is 0 Å². The predicted molar refractivity (Wildman–Crippen MR) is 67.7 cm³/mol. The van der Waals surface area contributed by atoms with Crippen LogP contribution in [-0.4, -0.2) is 15.6 Å². The first-order chi connectivity index (χ1) is 8.06. The van der Waals surface area contributed by atoms with E-state index >= 15 is 0 Å². The van der Waals surface area contributed by atoms with Crippen molar-refractivity contribution in [1.82, 2.24) is 9.78 Å². The highest BCUT2D eigenvalue weighted by atomic mass is 35.5. The SMILES string of the molecule is Cn1cc(C(=O)Cc2ccc(Cl)c(Cl)c2)cn1. The Hall–Kier alpha value is -1.32. The highest BCUT2D eigenvalue weighted by Gasteiger charge is 2.10. The number of carbonyl (C=O) groups is 1. The Labute approximate surface area is 109 Å². The Kier molecular flexibility index (Phi) is 3.50. The molecule has 0 aliphatic heterocycles. The monoisotopic (exact) mass is 268 g/mol. The van der Waals surface area contributed by atoms with Crippen molar-refractivity contribution < 1.29 is 4.79 Å². The summed E-state index contributed by atoms with van der Waals surface area (Å²) in [6, 6.07) is 5.19. The maximum atomic E-state index is 11.9. The van der Waals surface area contributed by atoms with Crippen LogP contribution >= 0.6 is 23.2 Å². The first-order valence-corrected chi connectivity index (χ1v) is 5.77. The molecule has 17 heavy (non-hydrogen) atoms. The second-order valence-electron chi connectivity index (χ2n) is 3.75. The van der Waals surface area contributed by atoms with Crippen molar-refractivity contribution >= 4 is 29.0 Å². The van der Waals surface area contributed by atoms with E-state index in [1.165, 1.54) is 0 Å². The molecule has 3 nitrogen and oxygen atoms in total. The molecule has 88 valence electrons. The summed E-state index contributed by atoms with van der Waals surface area (Å²) in [5.41, 5.74) is 1.44. The van der Waals surface area contributed by atoms with Gasteiger partial charge < -0.3 is 0 Å². The van der Waals surface area contributed by atoms with E-state index in [2.05, 4.69) is 5.10 Å². The van der Waals surface area contributed by atoms with E-state index in [4.69, 9.17) is 23.2 Å². The summed E-state index contributed by atoms with van der Waals surface area (Å²) in [5.74, 6) is 0.0106. The highest BCUT2D eigenvalue weighted by Crippen LogP contribution is 2.23. The van der Waals surface area contributed by atoms with E-state index in [9.17, 15) is 4.79 Å². The standard InChI is InChI=1S/C12H10Cl2N2O/c1-16-7-9(6-15-16)12(17)5-8-2-3-10(13)11(14)4-8/h2-4,6-7H,5H2,1H3. The maximum absolute atomic E-state index is 11.9. The number of nitrogens with zero attached hydrogens (tertiary/aromatic N) is 2. The van der Waals surface area contributed by atoms with Gasteiger partial charge in [-0.2, -0.15) is 5.10 Å². The van der Waals surface area contributed by atoms with Crippen molar-refractivity contribution in [3.05, 3.63) is 51.8 Å². The molecule has 0 unspecified atom stereocenters. The normalized spacial score (nSPS) is 10.5. The lowest BCUT2D eigenvalue weighted by Crippen LogP contribution is -2.02. The van der Waals surface area contributed by atoms with Crippen LogP contribution in [0.15, 0.2) is 30.6 Å². The van der Waals surface area contributed by atoms with Crippen LogP contribution in [-0.2, 0) is 13.5 Å². The van der Waals surface area contributed by atoms with Gasteiger partial charge in [-0.15, -0.1) is 0 Å². The summed E-state index contributed by atoms with van der Waals surface area (Å²) in [4.78, 5) is 11.9. The first kappa shape index (κ1) is 12.1. The summed E-state index contributed by atoms with van der Waals surface area (Å²) in [5, 5.41) is 4.91. The molecule has 1 aromatic carbocycles. The van der Waals surface area contributed by atoms with Gasteiger partial charge in [-0.1, -0.05) is 29.3 Å².